The summed E-state index contributed by atoms with van der Waals surface area (Å²) in [7, 11) is 0. The predicted octanol–water partition coefficient (Wildman–Crippen LogP) is 3.75. The Balaban J connectivity index is 2.28. The zero-order valence-electron chi connectivity index (χ0n) is 12.7. The molecule has 23 heavy (non-hydrogen) atoms. The van der Waals surface area contributed by atoms with Crippen LogP contribution in [-0.4, -0.2) is 9.55 Å². The van der Waals surface area contributed by atoms with E-state index in [1.54, 1.807) is 4.57 Å². The topological polar surface area (TPSA) is 67.6 Å². The number of rotatable bonds is 5. The number of nitrogens with zero attached hydrogens (tertiary/aromatic N) is 3. The van der Waals surface area contributed by atoms with Gasteiger partial charge in [0.2, 0.25) is 0 Å². The van der Waals surface area contributed by atoms with Crippen molar-refractivity contribution in [3.63, 3.8) is 0 Å². The molecule has 0 radical (unpaired) electrons. The van der Waals surface area contributed by atoms with E-state index in [0.29, 0.717) is 17.8 Å². The van der Waals surface area contributed by atoms with Crippen molar-refractivity contribution in [2.24, 2.45) is 0 Å². The minimum absolute atomic E-state index is 0.156. The molecule has 0 saturated carbocycles. The van der Waals surface area contributed by atoms with Gasteiger partial charge in [-0.25, -0.2) is 4.98 Å². The maximum atomic E-state index is 12.6. The minimum Gasteiger partial charge on any atom is -0.383 e. The van der Waals surface area contributed by atoms with E-state index in [1.807, 2.05) is 13.0 Å². The molecule has 0 fully saturated rings. The zero-order valence-corrected chi connectivity index (χ0v) is 12.7. The van der Waals surface area contributed by atoms with Crippen LogP contribution in [0.4, 0.5) is 19.0 Å². The normalized spacial score (nSPS) is 11.4. The summed E-state index contributed by atoms with van der Waals surface area (Å²) >= 11 is 0. The van der Waals surface area contributed by atoms with Crippen LogP contribution in [0, 0.1) is 11.3 Å². The van der Waals surface area contributed by atoms with E-state index in [0.717, 1.165) is 25.0 Å². The van der Waals surface area contributed by atoms with E-state index in [4.69, 9.17) is 11.0 Å². The number of halogens is 3. The number of nitrogen functional groups attached to an aromatic ring is 1. The Hall–Kier alpha value is -2.49. The minimum atomic E-state index is -4.35. The summed E-state index contributed by atoms with van der Waals surface area (Å²) < 4.78 is 39.5. The first kappa shape index (κ1) is 16.9. The highest BCUT2D eigenvalue weighted by Gasteiger charge is 2.30. The van der Waals surface area contributed by atoms with Crippen molar-refractivity contribution >= 4 is 5.82 Å². The number of aryl methyl sites for hydroxylation is 1. The van der Waals surface area contributed by atoms with Crippen molar-refractivity contribution in [1.29, 1.82) is 5.26 Å². The van der Waals surface area contributed by atoms with E-state index < -0.39 is 11.7 Å². The van der Waals surface area contributed by atoms with Crippen molar-refractivity contribution in [1.82, 2.24) is 9.55 Å². The number of nitriles is 1. The second-order valence-electron chi connectivity index (χ2n) is 5.26. The molecule has 1 aromatic heterocycles. The third-order valence-corrected chi connectivity index (χ3v) is 3.57. The number of nitrogens with two attached hydrogens (primary N) is 1. The Kier molecular flexibility index (Phi) is 4.94. The molecule has 122 valence electrons. The zero-order chi connectivity index (χ0) is 17.0. The molecular weight excluding hydrogens is 305 g/mol. The SMILES string of the molecule is CCCCc1nc(C#N)c(N)n1Cc1ccc(C(F)(F)F)cc1. The van der Waals surface area contributed by atoms with Gasteiger partial charge in [0.1, 0.15) is 17.7 Å². The van der Waals surface area contributed by atoms with Gasteiger partial charge in [0, 0.05) is 6.42 Å². The molecule has 1 aromatic carbocycles. The van der Waals surface area contributed by atoms with Crippen LogP contribution in [0.3, 0.4) is 0 Å². The molecule has 0 spiro atoms. The highest BCUT2D eigenvalue weighted by Crippen LogP contribution is 2.29. The Morgan fingerprint density at radius 3 is 2.43 bits per heavy atom. The van der Waals surface area contributed by atoms with Crippen LogP contribution >= 0.6 is 0 Å². The quantitative estimate of drug-likeness (QED) is 0.911. The fraction of sp³-hybridized carbons (Fsp3) is 0.375. The van der Waals surface area contributed by atoms with E-state index in [1.165, 1.54) is 12.1 Å². The van der Waals surface area contributed by atoms with Crippen molar-refractivity contribution < 1.29 is 13.2 Å². The number of imidazole rings is 1. The lowest BCUT2D eigenvalue weighted by Crippen LogP contribution is -2.10. The van der Waals surface area contributed by atoms with Gasteiger partial charge in [0.25, 0.3) is 0 Å². The Morgan fingerprint density at radius 1 is 1.26 bits per heavy atom. The van der Waals surface area contributed by atoms with Gasteiger partial charge >= 0.3 is 6.18 Å². The highest BCUT2D eigenvalue weighted by atomic mass is 19.4. The molecule has 0 aliphatic heterocycles. The summed E-state index contributed by atoms with van der Waals surface area (Å²) in [6, 6.07) is 6.85. The van der Waals surface area contributed by atoms with Gasteiger partial charge < -0.3 is 10.3 Å². The van der Waals surface area contributed by atoms with Crippen LogP contribution in [0.15, 0.2) is 24.3 Å². The van der Waals surface area contributed by atoms with Gasteiger partial charge in [-0.1, -0.05) is 25.5 Å². The summed E-state index contributed by atoms with van der Waals surface area (Å²) in [6.45, 7) is 2.33. The Morgan fingerprint density at radius 2 is 1.91 bits per heavy atom. The molecule has 2 aromatic rings. The second kappa shape index (κ2) is 6.73. The van der Waals surface area contributed by atoms with Crippen molar-refractivity contribution in [3.05, 3.63) is 46.9 Å². The van der Waals surface area contributed by atoms with Crippen molar-refractivity contribution in [2.75, 3.05) is 5.73 Å². The monoisotopic (exact) mass is 322 g/mol. The van der Waals surface area contributed by atoms with Crippen LogP contribution in [-0.2, 0) is 19.1 Å². The second-order valence-corrected chi connectivity index (χ2v) is 5.26. The first-order chi connectivity index (χ1) is 10.9. The van der Waals surface area contributed by atoms with Crippen LogP contribution < -0.4 is 5.73 Å². The number of unbranched alkanes of at least 4 members (excludes halogenated alkanes) is 1. The third kappa shape index (κ3) is 3.83. The molecule has 4 nitrogen and oxygen atoms in total. The third-order valence-electron chi connectivity index (χ3n) is 3.57. The van der Waals surface area contributed by atoms with E-state index in [2.05, 4.69) is 4.98 Å². The molecule has 0 bridgehead atoms. The lowest BCUT2D eigenvalue weighted by molar-refractivity contribution is -0.137. The maximum Gasteiger partial charge on any atom is 0.416 e. The van der Waals surface area contributed by atoms with Gasteiger partial charge in [-0.15, -0.1) is 0 Å². The molecule has 0 amide bonds. The van der Waals surface area contributed by atoms with Crippen LogP contribution in [0.5, 0.6) is 0 Å². The molecule has 0 aliphatic rings. The number of hydrogen-bond donors (Lipinski definition) is 1. The summed E-state index contributed by atoms with van der Waals surface area (Å²) in [6.07, 6.45) is -1.82. The molecule has 0 saturated heterocycles. The smallest absolute Gasteiger partial charge is 0.383 e. The average Bonchev–Trinajstić information content (AvgIpc) is 2.81. The first-order valence-corrected chi connectivity index (χ1v) is 7.28. The van der Waals surface area contributed by atoms with Gasteiger partial charge in [0.15, 0.2) is 5.69 Å². The number of anilines is 1. The molecular formula is C16H17F3N4. The van der Waals surface area contributed by atoms with Crippen LogP contribution in [0.2, 0.25) is 0 Å². The summed E-state index contributed by atoms with van der Waals surface area (Å²) in [5, 5.41) is 9.04. The maximum absolute atomic E-state index is 12.6. The number of hydrogen-bond acceptors (Lipinski definition) is 3. The van der Waals surface area contributed by atoms with Gasteiger partial charge in [-0.05, 0) is 24.1 Å². The summed E-state index contributed by atoms with van der Waals surface area (Å²) in [4.78, 5) is 4.22. The predicted molar refractivity (Wildman–Crippen MR) is 80.5 cm³/mol. The molecule has 1 heterocycles. The fourth-order valence-corrected chi connectivity index (χ4v) is 2.28. The first-order valence-electron chi connectivity index (χ1n) is 7.28. The fourth-order valence-electron chi connectivity index (χ4n) is 2.28. The lowest BCUT2D eigenvalue weighted by Gasteiger charge is -2.11. The molecule has 0 unspecified atom stereocenters. The molecule has 0 aliphatic carbocycles. The standard InChI is InChI=1S/C16H17F3N4/c1-2-3-4-14-22-13(9-20)15(21)23(14)10-11-5-7-12(8-6-11)16(17,18)19/h5-8H,2-4,10,21H2,1H3. The highest BCUT2D eigenvalue weighted by molar-refractivity contribution is 5.46. The number of aromatic nitrogens is 2. The van der Waals surface area contributed by atoms with Gasteiger partial charge in [-0.2, -0.15) is 18.4 Å². The van der Waals surface area contributed by atoms with E-state index >= 15 is 0 Å². The molecule has 2 N–H and O–H groups in total. The molecule has 2 rings (SSSR count). The van der Waals surface area contributed by atoms with Crippen molar-refractivity contribution in [2.45, 2.75) is 38.9 Å². The van der Waals surface area contributed by atoms with Gasteiger partial charge in [0.05, 0.1) is 12.1 Å². The average molecular weight is 322 g/mol. The van der Waals surface area contributed by atoms with Gasteiger partial charge in [-0.3, -0.25) is 0 Å². The Labute approximate surface area is 132 Å². The summed E-state index contributed by atoms with van der Waals surface area (Å²) in [5.74, 6) is 0.930. The van der Waals surface area contributed by atoms with Crippen LogP contribution in [0.1, 0.15) is 42.4 Å². The number of alkyl halides is 3. The molecule has 7 heteroatoms. The Bertz CT molecular complexity index is 709. The summed E-state index contributed by atoms with van der Waals surface area (Å²) in [5.41, 5.74) is 6.07. The van der Waals surface area contributed by atoms with Crippen molar-refractivity contribution in [3.8, 4) is 6.07 Å². The van der Waals surface area contributed by atoms with Crippen LogP contribution in [0.25, 0.3) is 0 Å². The lowest BCUT2D eigenvalue weighted by atomic mass is 10.1. The molecule has 0 atom stereocenters. The number of benzene rings is 1. The van der Waals surface area contributed by atoms with E-state index in [9.17, 15) is 13.2 Å². The largest absolute Gasteiger partial charge is 0.416 e. The van der Waals surface area contributed by atoms with E-state index in [-0.39, 0.29) is 18.1 Å².